The van der Waals surface area contributed by atoms with Gasteiger partial charge in [0.05, 0.1) is 0 Å². The molecule has 25 heavy (non-hydrogen) atoms. The third-order valence-electron chi connectivity index (χ3n) is 0. The van der Waals surface area contributed by atoms with Gasteiger partial charge in [0.15, 0.2) is 0 Å². The van der Waals surface area contributed by atoms with Crippen molar-refractivity contribution in [1.29, 1.82) is 0 Å². The van der Waals surface area contributed by atoms with Gasteiger partial charge in [-0.2, -0.15) is 0 Å². The van der Waals surface area contributed by atoms with E-state index in [1.807, 2.05) is 0 Å². The van der Waals surface area contributed by atoms with Crippen LogP contribution in [0.5, 0.6) is 0 Å². The minimum absolute atomic E-state index is 0. The zero-order valence-electron chi connectivity index (χ0n) is 13.5. The van der Waals surface area contributed by atoms with E-state index >= 15 is 0 Å². The zero-order chi connectivity index (χ0) is 21.5. The van der Waals surface area contributed by atoms with Crippen molar-refractivity contribution in [2.75, 3.05) is 0 Å². The van der Waals surface area contributed by atoms with E-state index in [-0.39, 0.29) is 25.9 Å². The summed E-state index contributed by atoms with van der Waals surface area (Å²) in [5.74, 6) is 0. The second-order valence-corrected chi connectivity index (χ2v) is 1.70. The minimum Gasteiger partial charge on any atom is -1.00 e. The second kappa shape index (κ2) is 37.0. The largest absolute Gasteiger partial charge is 2.00 e. The van der Waals surface area contributed by atoms with E-state index < -0.39 is 36.9 Å². The Balaban J connectivity index is -0.0000000201. The maximum absolute atomic E-state index is 8.56. The van der Waals surface area contributed by atoms with Crippen LogP contribution in [-0.2, 0) is 0 Å². The molecule has 18 nitrogen and oxygen atoms in total. The van der Waals surface area contributed by atoms with E-state index in [1.165, 1.54) is 0 Å². The molecule has 0 aliphatic rings. The fourth-order valence-corrected chi connectivity index (χ4v) is 0. The van der Waals surface area contributed by atoms with Gasteiger partial charge in [0, 0.05) is 0 Å². The molecule has 0 radical (unpaired) electrons. The van der Waals surface area contributed by atoms with E-state index in [0.717, 1.165) is 0 Å². The molecule has 12 N–H and O–H groups in total. The Bertz CT molecular complexity index is 267. The van der Waals surface area contributed by atoms with Crippen molar-refractivity contribution in [3.63, 3.8) is 0 Å². The summed E-state index contributed by atoms with van der Waals surface area (Å²) >= 11 is 0. The van der Waals surface area contributed by atoms with Gasteiger partial charge >= 0.3 is 60.0 Å². The summed E-state index contributed by atoms with van der Waals surface area (Å²) in [6, 6.07) is 0. The maximum Gasteiger partial charge on any atom is 2.00 e. The van der Waals surface area contributed by atoms with Crippen molar-refractivity contribution < 1.29 is 92.9 Å². The van der Waals surface area contributed by atoms with Gasteiger partial charge in [-0.1, -0.05) is 0 Å². The normalized spacial score (nSPS) is 5.76. The van der Waals surface area contributed by atoms with Gasteiger partial charge in [0.2, 0.25) is 0 Å². The van der Waals surface area contributed by atoms with Crippen LogP contribution in [0.25, 0.3) is 0 Å². The van der Waals surface area contributed by atoms with E-state index in [4.69, 9.17) is 90.0 Å². The van der Waals surface area contributed by atoms with Gasteiger partial charge in [-0.15, -0.1) is 0 Å². The predicted octanol–water partition coefficient (Wildman–Crippen LogP) is 1.18. The quantitative estimate of drug-likeness (QED) is 0.254. The minimum atomic E-state index is -1.83. The van der Waals surface area contributed by atoms with Crippen LogP contribution in [0.2, 0.25) is 0 Å². The molecule has 0 saturated heterocycles. The summed E-state index contributed by atoms with van der Waals surface area (Å²) in [6.07, 6.45) is -11.0. The first kappa shape index (κ1) is 42.9. The van der Waals surface area contributed by atoms with E-state index in [2.05, 4.69) is 0 Å². The van der Waals surface area contributed by atoms with Crippen LogP contribution in [-0.4, -0.2) is 121 Å². The van der Waals surface area contributed by atoms with E-state index in [9.17, 15) is 0 Å². The number of rotatable bonds is 0. The molecular weight excluding hydrogens is 384 g/mol. The molecule has 0 bridgehead atoms. The summed E-state index contributed by atoms with van der Waals surface area (Å²) in [6.45, 7) is 0. The Morgan fingerprint density at radius 2 is 0.320 bits per heavy atom. The molecule has 0 heterocycles. The van der Waals surface area contributed by atoms with Crippen molar-refractivity contribution in [2.24, 2.45) is 0 Å². The first-order chi connectivity index (χ1) is 10.4. The molecule has 0 rings (SSSR count). The molecule has 0 fully saturated rings. The SMILES string of the molecule is O=C(O)O.O=C(O)O.O=C(O)O.O=C(O)O.O=C(O)O.O=C(O)O.[H-].[H-].[Mg+2]. The first-order valence-electron chi connectivity index (χ1n) is 3.91. The average Bonchev–Trinajstić information content (AvgIpc) is 2.08. The van der Waals surface area contributed by atoms with Gasteiger partial charge in [-0.25, -0.2) is 28.8 Å². The van der Waals surface area contributed by atoms with Crippen molar-refractivity contribution >= 4 is 60.0 Å². The van der Waals surface area contributed by atoms with Gasteiger partial charge in [0.1, 0.15) is 0 Å². The number of hydrogen-bond donors (Lipinski definition) is 12. The molecule has 0 spiro atoms. The zero-order valence-corrected chi connectivity index (χ0v) is 12.9. The standard InChI is InChI=1S/6CH2O3.Mg.2H/c6*2-1(3)4;;;/h6*(H2,2,3,4);;;/q;;;;;;+2;2*-1. The van der Waals surface area contributed by atoms with Gasteiger partial charge < -0.3 is 64.1 Å². The van der Waals surface area contributed by atoms with Gasteiger partial charge in [-0.3, -0.25) is 0 Å². The monoisotopic (exact) mass is 398 g/mol. The Hall–Kier alpha value is -3.61. The molecule has 0 saturated carbocycles. The Morgan fingerprint density at radius 1 is 0.320 bits per heavy atom. The number of carboxylic acid groups (broad SMARTS) is 12. The molecule has 0 aromatic carbocycles. The molecule has 0 aromatic heterocycles. The van der Waals surface area contributed by atoms with Gasteiger partial charge in [0.25, 0.3) is 0 Å². The Morgan fingerprint density at radius 3 is 0.320 bits per heavy atom. The van der Waals surface area contributed by atoms with Crippen LogP contribution in [0, 0.1) is 0 Å². The topological polar surface area (TPSA) is 345 Å². The smallest absolute Gasteiger partial charge is 1.00 e. The van der Waals surface area contributed by atoms with E-state index in [1.54, 1.807) is 0 Å². The molecule has 0 aromatic rings. The van der Waals surface area contributed by atoms with Gasteiger partial charge in [-0.05, 0) is 0 Å². The first-order valence-corrected chi connectivity index (χ1v) is 3.91. The number of carbonyl (C=O) groups is 6. The molecule has 0 aliphatic heterocycles. The van der Waals surface area contributed by atoms with Crippen LogP contribution < -0.4 is 0 Å². The Labute approximate surface area is 153 Å². The molecular formula is C6H14MgO18. The second-order valence-electron chi connectivity index (χ2n) is 1.70. The molecule has 19 heteroatoms. The third kappa shape index (κ3) is 528. The summed E-state index contributed by atoms with van der Waals surface area (Å²) in [4.78, 5) is 51.3. The molecule has 0 amide bonds. The van der Waals surface area contributed by atoms with Crippen LogP contribution >= 0.6 is 0 Å². The van der Waals surface area contributed by atoms with Crippen molar-refractivity contribution in [2.45, 2.75) is 0 Å². The molecule has 0 atom stereocenters. The maximum atomic E-state index is 8.56. The van der Waals surface area contributed by atoms with Crippen molar-refractivity contribution in [3.8, 4) is 0 Å². The summed E-state index contributed by atoms with van der Waals surface area (Å²) in [5.41, 5.74) is 0. The van der Waals surface area contributed by atoms with Crippen LogP contribution in [0.3, 0.4) is 0 Å². The molecule has 148 valence electrons. The predicted molar refractivity (Wildman–Crippen MR) is 71.9 cm³/mol. The Kier molecular flexibility index (Phi) is 63.6. The molecule has 0 aliphatic carbocycles. The van der Waals surface area contributed by atoms with Crippen molar-refractivity contribution in [1.82, 2.24) is 0 Å². The van der Waals surface area contributed by atoms with Crippen LogP contribution in [0.4, 0.5) is 28.8 Å². The fraction of sp³-hybridized carbons (Fsp3) is 0. The summed E-state index contributed by atoms with van der Waals surface area (Å²) in [7, 11) is 0. The average molecular weight is 398 g/mol. The van der Waals surface area contributed by atoms with E-state index in [0.29, 0.717) is 0 Å². The molecule has 0 unspecified atom stereocenters. The fourth-order valence-electron chi connectivity index (χ4n) is 0. The van der Waals surface area contributed by atoms with Crippen LogP contribution in [0.15, 0.2) is 0 Å². The number of hydrogen-bond acceptors (Lipinski definition) is 6. The summed E-state index contributed by atoms with van der Waals surface area (Å²) in [5, 5.41) is 83.7. The summed E-state index contributed by atoms with van der Waals surface area (Å²) < 4.78 is 0. The van der Waals surface area contributed by atoms with Crippen molar-refractivity contribution in [3.05, 3.63) is 0 Å². The third-order valence-corrected chi connectivity index (χ3v) is 0. The van der Waals surface area contributed by atoms with Crippen LogP contribution in [0.1, 0.15) is 2.85 Å².